The maximum absolute atomic E-state index is 13.5. The first kappa shape index (κ1) is 22.5. The fourth-order valence-corrected chi connectivity index (χ4v) is 5.01. The van der Waals surface area contributed by atoms with Crippen LogP contribution in [0.2, 0.25) is 0 Å². The molecule has 0 N–H and O–H groups in total. The second-order valence-electron chi connectivity index (χ2n) is 7.13. The van der Waals surface area contributed by atoms with Gasteiger partial charge in [-0.05, 0) is 77.9 Å². The molecule has 1 aliphatic rings. The zero-order chi connectivity index (χ0) is 22.8. The van der Waals surface area contributed by atoms with Crippen molar-refractivity contribution in [1.82, 2.24) is 4.57 Å². The van der Waals surface area contributed by atoms with Gasteiger partial charge in [-0.3, -0.25) is 9.36 Å². The molecule has 0 bridgehead atoms. The van der Waals surface area contributed by atoms with Crippen molar-refractivity contribution in [1.29, 1.82) is 0 Å². The summed E-state index contributed by atoms with van der Waals surface area (Å²) in [5.74, 6) is 0.222. The minimum Gasteiger partial charge on any atom is -0.497 e. The number of fused-ring (bicyclic) bond motifs is 1. The molecule has 0 fully saturated rings. The fraction of sp³-hybridized carbons (Fsp3) is 0.208. The number of carbonyl (C=O) groups is 1. The van der Waals surface area contributed by atoms with Gasteiger partial charge in [0.2, 0.25) is 0 Å². The van der Waals surface area contributed by atoms with Crippen LogP contribution in [0.3, 0.4) is 0 Å². The predicted octanol–water partition coefficient (Wildman–Crippen LogP) is 3.41. The number of methoxy groups -OCH3 is 1. The molecule has 2 heterocycles. The van der Waals surface area contributed by atoms with Crippen LogP contribution in [0.15, 0.2) is 69.6 Å². The van der Waals surface area contributed by atoms with Gasteiger partial charge in [-0.25, -0.2) is 9.79 Å². The van der Waals surface area contributed by atoms with Gasteiger partial charge in [0.25, 0.3) is 5.56 Å². The molecule has 3 aromatic rings. The van der Waals surface area contributed by atoms with E-state index in [2.05, 4.69) is 27.6 Å². The molecule has 0 aliphatic carbocycles. The first-order chi connectivity index (χ1) is 15.4. The van der Waals surface area contributed by atoms with Crippen LogP contribution in [-0.4, -0.2) is 24.3 Å². The van der Waals surface area contributed by atoms with Crippen LogP contribution >= 0.6 is 33.9 Å². The highest BCUT2D eigenvalue weighted by Crippen LogP contribution is 2.31. The fourth-order valence-electron chi connectivity index (χ4n) is 3.60. The minimum absolute atomic E-state index is 0.192. The van der Waals surface area contributed by atoms with Crippen LogP contribution in [0.1, 0.15) is 31.0 Å². The summed E-state index contributed by atoms with van der Waals surface area (Å²) >= 11 is 3.56. The third kappa shape index (κ3) is 4.29. The average molecular weight is 560 g/mol. The summed E-state index contributed by atoms with van der Waals surface area (Å²) in [6, 6.07) is 14.6. The molecule has 1 unspecified atom stereocenters. The van der Waals surface area contributed by atoms with E-state index in [-0.39, 0.29) is 12.2 Å². The molecule has 0 saturated heterocycles. The quantitative estimate of drug-likeness (QED) is 0.355. The van der Waals surface area contributed by atoms with Crippen molar-refractivity contribution >= 4 is 46.0 Å². The van der Waals surface area contributed by atoms with Crippen LogP contribution in [0.4, 0.5) is 0 Å². The number of nitrogens with zero attached hydrogens (tertiary/aromatic N) is 2. The Morgan fingerprint density at radius 3 is 2.50 bits per heavy atom. The number of carbonyl (C=O) groups excluding carboxylic acids is 1. The number of rotatable bonds is 5. The lowest BCUT2D eigenvalue weighted by atomic mass is 9.96. The van der Waals surface area contributed by atoms with E-state index in [9.17, 15) is 9.59 Å². The number of halogens is 1. The summed E-state index contributed by atoms with van der Waals surface area (Å²) < 4.78 is 13.8. The minimum atomic E-state index is -0.630. The van der Waals surface area contributed by atoms with Gasteiger partial charge in [0, 0.05) is 3.57 Å². The van der Waals surface area contributed by atoms with Crippen molar-refractivity contribution in [2.24, 2.45) is 4.99 Å². The molecular formula is C24H21IN2O4S. The second kappa shape index (κ2) is 9.41. The molecule has 1 aliphatic heterocycles. The van der Waals surface area contributed by atoms with Gasteiger partial charge in [0.15, 0.2) is 4.80 Å². The first-order valence-electron chi connectivity index (χ1n) is 10.0. The summed E-state index contributed by atoms with van der Waals surface area (Å²) in [7, 11) is 1.59. The summed E-state index contributed by atoms with van der Waals surface area (Å²) in [6.07, 6.45) is 1.86. The third-order valence-electron chi connectivity index (χ3n) is 5.12. The number of esters is 1. The summed E-state index contributed by atoms with van der Waals surface area (Å²) in [6.45, 7) is 3.77. The van der Waals surface area contributed by atoms with E-state index in [4.69, 9.17) is 9.47 Å². The SMILES string of the molecule is CCOC(=O)C1=C(C)N=c2s/c(=C\c3ccc(I)cc3)c(=O)n2C1c1ccc(OC)cc1. The van der Waals surface area contributed by atoms with Gasteiger partial charge in [0.1, 0.15) is 5.75 Å². The van der Waals surface area contributed by atoms with E-state index >= 15 is 0 Å². The molecular weight excluding hydrogens is 539 g/mol. The number of allylic oxidation sites excluding steroid dienone is 1. The Bertz CT molecular complexity index is 1370. The molecule has 6 nitrogen and oxygen atoms in total. The zero-order valence-corrected chi connectivity index (χ0v) is 20.8. The van der Waals surface area contributed by atoms with E-state index in [1.165, 1.54) is 11.3 Å². The number of thiazole rings is 1. The number of aromatic nitrogens is 1. The van der Waals surface area contributed by atoms with Crippen molar-refractivity contribution in [3.05, 3.63) is 94.2 Å². The summed E-state index contributed by atoms with van der Waals surface area (Å²) in [5, 5.41) is 0. The van der Waals surface area contributed by atoms with E-state index < -0.39 is 12.0 Å². The first-order valence-corrected chi connectivity index (χ1v) is 11.9. The maximum atomic E-state index is 13.5. The van der Waals surface area contributed by atoms with E-state index in [0.717, 1.165) is 14.7 Å². The van der Waals surface area contributed by atoms with Crippen molar-refractivity contribution in [2.45, 2.75) is 19.9 Å². The molecule has 32 heavy (non-hydrogen) atoms. The molecule has 1 aromatic heterocycles. The second-order valence-corrected chi connectivity index (χ2v) is 9.38. The Kier molecular flexibility index (Phi) is 6.61. The van der Waals surface area contributed by atoms with Gasteiger partial charge in [-0.1, -0.05) is 35.6 Å². The molecule has 0 radical (unpaired) electrons. The largest absolute Gasteiger partial charge is 0.497 e. The lowest BCUT2D eigenvalue weighted by molar-refractivity contribution is -0.139. The van der Waals surface area contributed by atoms with Gasteiger partial charge in [-0.15, -0.1) is 0 Å². The van der Waals surface area contributed by atoms with Crippen LogP contribution in [0, 0.1) is 3.57 Å². The van der Waals surface area contributed by atoms with Crippen molar-refractivity contribution in [2.75, 3.05) is 13.7 Å². The van der Waals surface area contributed by atoms with E-state index in [1.807, 2.05) is 54.6 Å². The standard InChI is InChI=1S/C24H21IN2O4S/c1-4-31-23(29)20-14(2)26-24-27(21(20)16-7-11-18(30-3)12-8-16)22(28)19(32-24)13-15-5-9-17(25)10-6-15/h5-13,21H,4H2,1-3H3/b19-13-. The lowest BCUT2D eigenvalue weighted by Crippen LogP contribution is -2.39. The molecule has 0 saturated carbocycles. The highest BCUT2D eigenvalue weighted by Gasteiger charge is 2.33. The monoisotopic (exact) mass is 560 g/mol. The Morgan fingerprint density at radius 2 is 1.88 bits per heavy atom. The molecule has 1 atom stereocenters. The zero-order valence-electron chi connectivity index (χ0n) is 17.8. The van der Waals surface area contributed by atoms with Crippen LogP contribution in [0.25, 0.3) is 6.08 Å². The van der Waals surface area contributed by atoms with Crippen molar-refractivity contribution in [3.63, 3.8) is 0 Å². The van der Waals surface area contributed by atoms with Gasteiger partial charge in [0.05, 0.1) is 35.6 Å². The Hall–Kier alpha value is -2.72. The number of hydrogen-bond acceptors (Lipinski definition) is 6. The van der Waals surface area contributed by atoms with Gasteiger partial charge < -0.3 is 9.47 Å². The smallest absolute Gasteiger partial charge is 0.338 e. The topological polar surface area (TPSA) is 69.9 Å². The van der Waals surface area contributed by atoms with Crippen LogP contribution in [0.5, 0.6) is 5.75 Å². The summed E-state index contributed by atoms with van der Waals surface area (Å²) in [4.78, 5) is 31.5. The molecule has 164 valence electrons. The van der Waals surface area contributed by atoms with Gasteiger partial charge in [-0.2, -0.15) is 0 Å². The number of hydrogen-bond donors (Lipinski definition) is 0. The van der Waals surface area contributed by atoms with Crippen LogP contribution in [-0.2, 0) is 9.53 Å². The molecule has 8 heteroatoms. The Labute approximate surface area is 202 Å². The molecule has 4 rings (SSSR count). The predicted molar refractivity (Wildman–Crippen MR) is 133 cm³/mol. The van der Waals surface area contributed by atoms with Crippen LogP contribution < -0.4 is 19.6 Å². The van der Waals surface area contributed by atoms with E-state index in [0.29, 0.717) is 26.4 Å². The van der Waals surface area contributed by atoms with Crippen molar-refractivity contribution < 1.29 is 14.3 Å². The Balaban J connectivity index is 1.93. The maximum Gasteiger partial charge on any atom is 0.338 e. The lowest BCUT2D eigenvalue weighted by Gasteiger charge is -2.24. The molecule has 0 amide bonds. The normalized spacial score (nSPS) is 15.9. The third-order valence-corrected chi connectivity index (χ3v) is 6.82. The molecule has 2 aromatic carbocycles. The Morgan fingerprint density at radius 1 is 1.19 bits per heavy atom. The molecule has 0 spiro atoms. The highest BCUT2D eigenvalue weighted by molar-refractivity contribution is 14.1. The van der Waals surface area contributed by atoms with E-state index in [1.54, 1.807) is 25.5 Å². The summed E-state index contributed by atoms with van der Waals surface area (Å²) in [5.41, 5.74) is 2.43. The number of ether oxygens (including phenoxy) is 2. The van der Waals surface area contributed by atoms with Gasteiger partial charge >= 0.3 is 5.97 Å². The van der Waals surface area contributed by atoms with Crippen molar-refractivity contribution in [3.8, 4) is 5.75 Å². The number of benzene rings is 2. The highest BCUT2D eigenvalue weighted by atomic mass is 127. The average Bonchev–Trinajstić information content (AvgIpc) is 3.09.